The van der Waals surface area contributed by atoms with E-state index in [2.05, 4.69) is 11.9 Å². The summed E-state index contributed by atoms with van der Waals surface area (Å²) in [6, 6.07) is 4.35. The van der Waals surface area contributed by atoms with E-state index in [4.69, 9.17) is 16.3 Å². The Hall–Kier alpha value is -0.900. The van der Waals surface area contributed by atoms with E-state index in [0.717, 1.165) is 12.0 Å². The molecule has 1 aromatic rings. The van der Waals surface area contributed by atoms with E-state index in [-0.39, 0.29) is 5.82 Å². The van der Waals surface area contributed by atoms with Gasteiger partial charge in [-0.1, -0.05) is 17.7 Å². The van der Waals surface area contributed by atoms with E-state index in [9.17, 15) is 4.39 Å². The highest BCUT2D eigenvalue weighted by molar-refractivity contribution is 6.31. The van der Waals surface area contributed by atoms with Crippen molar-refractivity contribution in [1.82, 2.24) is 5.32 Å². The van der Waals surface area contributed by atoms with E-state index in [1.807, 2.05) is 6.08 Å². The lowest BCUT2D eigenvalue weighted by Gasteiger charge is -2.07. The van der Waals surface area contributed by atoms with Crippen LogP contribution >= 0.6 is 11.6 Å². The van der Waals surface area contributed by atoms with Crippen molar-refractivity contribution in [3.8, 4) is 0 Å². The second-order valence-corrected chi connectivity index (χ2v) is 4.01. The van der Waals surface area contributed by atoms with Crippen molar-refractivity contribution in [1.29, 1.82) is 0 Å². The average Bonchev–Trinajstić information content (AvgIpc) is 2.32. The number of ether oxygens (including phenoxy) is 1. The predicted octanol–water partition coefficient (Wildman–Crippen LogP) is 3.16. The van der Waals surface area contributed by atoms with Crippen LogP contribution in [0.15, 0.2) is 30.9 Å². The molecular formula is C13H17ClFNO. The first kappa shape index (κ1) is 14.2. The number of hydrogen-bond donors (Lipinski definition) is 1. The molecule has 0 heterocycles. The summed E-state index contributed by atoms with van der Waals surface area (Å²) in [5.41, 5.74) is 0.762. The summed E-state index contributed by atoms with van der Waals surface area (Å²) in [5, 5.41) is 3.72. The summed E-state index contributed by atoms with van der Waals surface area (Å²) in [4.78, 5) is 0. The highest BCUT2D eigenvalue weighted by atomic mass is 35.5. The molecule has 0 spiro atoms. The highest BCUT2D eigenvalue weighted by Crippen LogP contribution is 2.16. The lowest BCUT2D eigenvalue weighted by Crippen LogP contribution is -2.19. The maximum absolute atomic E-state index is 12.9. The molecule has 0 radical (unpaired) electrons. The third kappa shape index (κ3) is 5.82. The molecule has 0 amide bonds. The van der Waals surface area contributed by atoms with Crippen molar-refractivity contribution < 1.29 is 9.13 Å². The largest absolute Gasteiger partial charge is 0.380 e. The van der Waals surface area contributed by atoms with Crippen molar-refractivity contribution in [2.45, 2.75) is 13.0 Å². The molecule has 0 unspecified atom stereocenters. The Kier molecular flexibility index (Phi) is 6.86. The van der Waals surface area contributed by atoms with Crippen molar-refractivity contribution in [2.75, 3.05) is 19.8 Å². The van der Waals surface area contributed by atoms with Gasteiger partial charge >= 0.3 is 0 Å². The van der Waals surface area contributed by atoms with Crippen molar-refractivity contribution in [2.24, 2.45) is 0 Å². The van der Waals surface area contributed by atoms with E-state index in [1.54, 1.807) is 6.07 Å². The molecule has 17 heavy (non-hydrogen) atoms. The molecule has 0 atom stereocenters. The zero-order valence-electron chi connectivity index (χ0n) is 9.72. The fourth-order valence-electron chi connectivity index (χ4n) is 1.31. The summed E-state index contributed by atoms with van der Waals surface area (Å²) < 4.78 is 18.3. The molecule has 1 N–H and O–H groups in total. The molecule has 0 aromatic heterocycles. The first-order valence-electron chi connectivity index (χ1n) is 5.57. The topological polar surface area (TPSA) is 21.3 Å². The molecule has 4 heteroatoms. The molecule has 0 bridgehead atoms. The lowest BCUT2D eigenvalue weighted by molar-refractivity contribution is 0.140. The van der Waals surface area contributed by atoms with Gasteiger partial charge in [-0.05, 0) is 30.2 Å². The Bertz CT molecular complexity index is 357. The summed E-state index contributed by atoms with van der Waals surface area (Å²) >= 11 is 5.93. The molecule has 94 valence electrons. The lowest BCUT2D eigenvalue weighted by atomic mass is 10.2. The van der Waals surface area contributed by atoms with Crippen LogP contribution in [0.2, 0.25) is 5.02 Å². The van der Waals surface area contributed by atoms with Gasteiger partial charge in [-0.25, -0.2) is 4.39 Å². The fourth-order valence-corrected chi connectivity index (χ4v) is 1.50. The molecule has 0 fully saturated rings. The quantitative estimate of drug-likeness (QED) is 0.571. The summed E-state index contributed by atoms with van der Waals surface area (Å²) in [6.07, 6.45) is 2.68. The van der Waals surface area contributed by atoms with Crippen molar-refractivity contribution in [3.05, 3.63) is 47.3 Å². The maximum Gasteiger partial charge on any atom is 0.123 e. The highest BCUT2D eigenvalue weighted by Gasteiger charge is 2.01. The second-order valence-electron chi connectivity index (χ2n) is 3.60. The first-order chi connectivity index (χ1) is 8.24. The van der Waals surface area contributed by atoms with Crippen LogP contribution in [0.3, 0.4) is 0 Å². The van der Waals surface area contributed by atoms with Crippen LogP contribution in [0.1, 0.15) is 12.0 Å². The Morgan fingerprint density at radius 3 is 3.00 bits per heavy atom. The van der Waals surface area contributed by atoms with Gasteiger partial charge in [0.05, 0.1) is 13.2 Å². The Morgan fingerprint density at radius 2 is 2.24 bits per heavy atom. The minimum atomic E-state index is -0.270. The predicted molar refractivity (Wildman–Crippen MR) is 68.7 cm³/mol. The zero-order chi connectivity index (χ0) is 12.5. The summed E-state index contributed by atoms with van der Waals surface area (Å²) in [6.45, 7) is 6.17. The van der Waals surface area contributed by atoms with Crippen molar-refractivity contribution >= 4 is 11.6 Å². The van der Waals surface area contributed by atoms with Gasteiger partial charge in [-0.3, -0.25) is 0 Å². The average molecular weight is 258 g/mol. The number of rotatable bonds is 8. The van der Waals surface area contributed by atoms with E-state index in [0.29, 0.717) is 31.3 Å². The van der Waals surface area contributed by atoms with Crippen molar-refractivity contribution in [3.63, 3.8) is 0 Å². The van der Waals surface area contributed by atoms with Gasteiger partial charge in [-0.15, -0.1) is 6.58 Å². The van der Waals surface area contributed by atoms with E-state index < -0.39 is 0 Å². The van der Waals surface area contributed by atoms with Gasteiger partial charge in [-0.2, -0.15) is 0 Å². The van der Waals surface area contributed by atoms with Crippen LogP contribution < -0.4 is 5.32 Å². The standard InChI is InChI=1S/C13H17ClFNO/c1-2-3-7-17-8-6-16-10-11-9-12(15)4-5-13(11)14/h2,4-5,9,16H,1,3,6-8,10H2. The number of halogens is 2. The van der Waals surface area contributed by atoms with Gasteiger partial charge < -0.3 is 10.1 Å². The normalized spacial score (nSPS) is 10.5. The molecule has 1 rings (SSSR count). The molecule has 2 nitrogen and oxygen atoms in total. The van der Waals surface area contributed by atoms with Crippen LogP contribution in [0.5, 0.6) is 0 Å². The molecule has 0 saturated heterocycles. The minimum Gasteiger partial charge on any atom is -0.380 e. The third-order valence-electron chi connectivity index (χ3n) is 2.21. The molecule has 0 aliphatic carbocycles. The van der Waals surface area contributed by atoms with Gasteiger partial charge in [0.25, 0.3) is 0 Å². The number of benzene rings is 1. The molecular weight excluding hydrogens is 241 g/mol. The number of nitrogens with one attached hydrogen (secondary N) is 1. The Labute approximate surface area is 106 Å². The Balaban J connectivity index is 2.17. The van der Waals surface area contributed by atoms with Crippen LogP contribution in [-0.2, 0) is 11.3 Å². The Morgan fingerprint density at radius 1 is 1.41 bits per heavy atom. The summed E-state index contributed by atoms with van der Waals surface area (Å²) in [7, 11) is 0. The van der Waals surface area contributed by atoms with E-state index in [1.165, 1.54) is 12.1 Å². The van der Waals surface area contributed by atoms with Crippen LogP contribution in [0.4, 0.5) is 4.39 Å². The molecule has 0 aliphatic rings. The van der Waals surface area contributed by atoms with Crippen LogP contribution in [-0.4, -0.2) is 19.8 Å². The molecule has 1 aromatic carbocycles. The molecule has 0 saturated carbocycles. The van der Waals surface area contributed by atoms with Gasteiger partial charge in [0.1, 0.15) is 5.82 Å². The van der Waals surface area contributed by atoms with Gasteiger partial charge in [0.15, 0.2) is 0 Å². The second kappa shape index (κ2) is 8.23. The van der Waals surface area contributed by atoms with Crippen LogP contribution in [0.25, 0.3) is 0 Å². The fraction of sp³-hybridized carbons (Fsp3) is 0.385. The first-order valence-corrected chi connectivity index (χ1v) is 5.95. The number of hydrogen-bond acceptors (Lipinski definition) is 2. The minimum absolute atomic E-state index is 0.270. The summed E-state index contributed by atoms with van der Waals surface area (Å²) in [5.74, 6) is -0.270. The van der Waals surface area contributed by atoms with Crippen LogP contribution in [0, 0.1) is 5.82 Å². The van der Waals surface area contributed by atoms with Gasteiger partial charge in [0, 0.05) is 18.1 Å². The van der Waals surface area contributed by atoms with Gasteiger partial charge in [0.2, 0.25) is 0 Å². The SMILES string of the molecule is C=CCCOCCNCc1cc(F)ccc1Cl. The molecule has 0 aliphatic heterocycles. The zero-order valence-corrected chi connectivity index (χ0v) is 10.5. The smallest absolute Gasteiger partial charge is 0.123 e. The monoisotopic (exact) mass is 257 g/mol. The third-order valence-corrected chi connectivity index (χ3v) is 2.58. The maximum atomic E-state index is 12.9. The van der Waals surface area contributed by atoms with E-state index >= 15 is 0 Å².